The summed E-state index contributed by atoms with van der Waals surface area (Å²) in [5.74, 6) is 0.760. The average molecular weight is 455 g/mol. The van der Waals surface area contributed by atoms with Gasteiger partial charge < -0.3 is 20.5 Å². The molecule has 1 aliphatic heterocycles. The monoisotopic (exact) mass is 455 g/mol. The van der Waals surface area contributed by atoms with Gasteiger partial charge in [-0.25, -0.2) is 14.8 Å². The molecule has 2 aromatic heterocycles. The van der Waals surface area contributed by atoms with Crippen LogP contribution in [0.5, 0.6) is 5.88 Å². The van der Waals surface area contributed by atoms with Crippen LogP contribution in [0.3, 0.4) is 0 Å². The number of aromatic nitrogens is 2. The molecule has 2 aliphatic rings. The summed E-state index contributed by atoms with van der Waals surface area (Å²) in [7, 11) is 0. The van der Waals surface area contributed by atoms with Gasteiger partial charge in [0, 0.05) is 48.3 Å². The number of benzene rings is 1. The number of nitrogens with zero attached hydrogens (tertiary/aromatic N) is 4. The molecule has 5 rings (SSSR count). The van der Waals surface area contributed by atoms with Crippen molar-refractivity contribution >= 4 is 34.1 Å². The van der Waals surface area contributed by atoms with Crippen molar-refractivity contribution in [1.29, 1.82) is 10.5 Å². The van der Waals surface area contributed by atoms with Gasteiger partial charge in [-0.15, -0.1) is 0 Å². The third-order valence-corrected chi connectivity index (χ3v) is 6.19. The number of nitrogens with two attached hydrogens (primary N) is 1. The van der Waals surface area contributed by atoms with Crippen molar-refractivity contribution in [3.63, 3.8) is 0 Å². The molecule has 0 spiro atoms. The summed E-state index contributed by atoms with van der Waals surface area (Å²) in [6.07, 6.45) is 3.39. The number of amides is 1. The number of anilines is 3. The van der Waals surface area contributed by atoms with E-state index in [-0.39, 0.29) is 12.0 Å². The van der Waals surface area contributed by atoms with E-state index in [1.807, 2.05) is 13.0 Å². The minimum absolute atomic E-state index is 0.0596. The van der Waals surface area contributed by atoms with Crippen molar-refractivity contribution < 1.29 is 14.3 Å². The lowest BCUT2D eigenvalue weighted by molar-refractivity contribution is 0.0418. The molecule has 170 valence electrons. The Morgan fingerprint density at radius 1 is 1.26 bits per heavy atom. The fourth-order valence-corrected chi connectivity index (χ4v) is 4.27. The highest BCUT2D eigenvalue weighted by Gasteiger charge is 2.32. The molecule has 4 N–H and O–H groups in total. The van der Waals surface area contributed by atoms with Crippen LogP contribution in [0.1, 0.15) is 24.0 Å². The lowest BCUT2D eigenvalue weighted by Gasteiger charge is -2.29. The van der Waals surface area contributed by atoms with E-state index in [2.05, 4.69) is 32.7 Å². The van der Waals surface area contributed by atoms with Crippen molar-refractivity contribution in [2.45, 2.75) is 25.9 Å². The van der Waals surface area contributed by atoms with E-state index in [1.54, 1.807) is 12.3 Å². The minimum atomic E-state index is -0.629. The van der Waals surface area contributed by atoms with Gasteiger partial charge >= 0.3 is 6.09 Å². The van der Waals surface area contributed by atoms with E-state index in [9.17, 15) is 10.1 Å². The third kappa shape index (κ3) is 3.65. The van der Waals surface area contributed by atoms with Gasteiger partial charge in [0.2, 0.25) is 5.88 Å². The van der Waals surface area contributed by atoms with Crippen LogP contribution in [-0.4, -0.2) is 35.3 Å². The highest BCUT2D eigenvalue weighted by molar-refractivity contribution is 6.02. The molecule has 1 fully saturated rings. The summed E-state index contributed by atoms with van der Waals surface area (Å²) < 4.78 is 10.9. The normalized spacial score (nSPS) is 18.3. The average Bonchev–Trinajstić information content (AvgIpc) is 2.81. The smallest absolute Gasteiger partial charge is 0.413 e. The summed E-state index contributed by atoms with van der Waals surface area (Å²) in [6.45, 7) is 3.14. The van der Waals surface area contributed by atoms with Gasteiger partial charge in [0.1, 0.15) is 30.3 Å². The number of fused-ring (bicyclic) bond motifs is 2. The Kier molecular flexibility index (Phi) is 5.27. The predicted molar refractivity (Wildman–Crippen MR) is 125 cm³/mol. The Bertz CT molecular complexity index is 1400. The fraction of sp³-hybridized carbons (Fsp3) is 0.292. The molecule has 1 aromatic carbocycles. The summed E-state index contributed by atoms with van der Waals surface area (Å²) in [5.41, 5.74) is 10.1. The fourth-order valence-electron chi connectivity index (χ4n) is 4.27. The van der Waals surface area contributed by atoms with Gasteiger partial charge in [-0.3, -0.25) is 5.32 Å². The number of nitrogens with one attached hydrogen (secondary N) is 2. The first-order chi connectivity index (χ1) is 16.5. The minimum Gasteiger partial charge on any atom is -0.474 e. The van der Waals surface area contributed by atoms with Crippen LogP contribution in [-0.2, 0) is 4.74 Å². The van der Waals surface area contributed by atoms with Gasteiger partial charge in [-0.1, -0.05) is 0 Å². The van der Waals surface area contributed by atoms with E-state index in [0.717, 1.165) is 16.8 Å². The summed E-state index contributed by atoms with van der Waals surface area (Å²) in [5, 5.41) is 25.9. The van der Waals surface area contributed by atoms with E-state index in [4.69, 9.17) is 20.5 Å². The number of rotatable bonds is 3. The lowest BCUT2D eigenvalue weighted by Crippen LogP contribution is -2.34. The first kappa shape index (κ1) is 21.3. The first-order valence-corrected chi connectivity index (χ1v) is 10.8. The molecule has 0 saturated heterocycles. The van der Waals surface area contributed by atoms with Crippen LogP contribution in [0.2, 0.25) is 0 Å². The lowest BCUT2D eigenvalue weighted by atomic mass is 9.84. The number of carbonyl (C=O) groups is 1. The topological polar surface area (TPSA) is 159 Å². The molecule has 0 unspecified atom stereocenters. The Hall–Kier alpha value is -4.57. The molecule has 10 heteroatoms. The number of hydrogen-bond acceptors (Lipinski definition) is 9. The van der Waals surface area contributed by atoms with E-state index in [1.165, 1.54) is 6.20 Å². The van der Waals surface area contributed by atoms with E-state index in [0.29, 0.717) is 65.3 Å². The molecule has 1 amide bonds. The molecule has 3 heterocycles. The molecular formula is C24H21N7O3. The van der Waals surface area contributed by atoms with Crippen molar-refractivity contribution in [2.24, 2.45) is 5.92 Å². The second-order valence-corrected chi connectivity index (χ2v) is 8.32. The zero-order chi connectivity index (χ0) is 23.8. The van der Waals surface area contributed by atoms with Crippen LogP contribution in [0.15, 0.2) is 24.5 Å². The molecule has 1 aliphatic carbocycles. The number of nitrogen functional groups attached to an aromatic ring is 1. The van der Waals surface area contributed by atoms with Crippen LogP contribution >= 0.6 is 0 Å². The molecular weight excluding hydrogens is 434 g/mol. The molecule has 34 heavy (non-hydrogen) atoms. The summed E-state index contributed by atoms with van der Waals surface area (Å²) in [4.78, 5) is 20.9. The van der Waals surface area contributed by atoms with Gasteiger partial charge in [-0.05, 0) is 30.0 Å². The molecule has 0 bridgehead atoms. The molecule has 1 saturated carbocycles. The van der Waals surface area contributed by atoms with E-state index >= 15 is 0 Å². The predicted octanol–water partition coefficient (Wildman–Crippen LogP) is 3.71. The zero-order valence-electron chi connectivity index (χ0n) is 18.4. The quantitative estimate of drug-likeness (QED) is 0.500. The van der Waals surface area contributed by atoms with E-state index < -0.39 is 6.09 Å². The Morgan fingerprint density at radius 3 is 2.85 bits per heavy atom. The van der Waals surface area contributed by atoms with Gasteiger partial charge in [0.15, 0.2) is 0 Å². The second-order valence-electron chi connectivity index (χ2n) is 8.32. The first-order valence-electron chi connectivity index (χ1n) is 10.8. The summed E-state index contributed by atoms with van der Waals surface area (Å²) in [6, 6.07) is 7.88. The maximum Gasteiger partial charge on any atom is 0.413 e. The largest absolute Gasteiger partial charge is 0.474 e. The van der Waals surface area contributed by atoms with Crippen LogP contribution in [0.4, 0.5) is 22.0 Å². The zero-order valence-corrected chi connectivity index (χ0v) is 18.4. The van der Waals surface area contributed by atoms with Gasteiger partial charge in [-0.2, -0.15) is 10.5 Å². The highest BCUT2D eigenvalue weighted by Crippen LogP contribution is 2.40. The van der Waals surface area contributed by atoms with Crippen LogP contribution < -0.4 is 21.1 Å². The Balaban J connectivity index is 1.49. The van der Waals surface area contributed by atoms with Crippen molar-refractivity contribution in [2.75, 3.05) is 29.5 Å². The van der Waals surface area contributed by atoms with Crippen molar-refractivity contribution in [3.05, 3.63) is 35.7 Å². The molecule has 0 radical (unpaired) electrons. The number of nitriles is 2. The number of ether oxygens (including phenoxy) is 2. The summed E-state index contributed by atoms with van der Waals surface area (Å²) >= 11 is 0. The number of hydrogen-bond donors (Lipinski definition) is 3. The Morgan fingerprint density at radius 2 is 2.09 bits per heavy atom. The highest BCUT2D eigenvalue weighted by atomic mass is 16.6. The van der Waals surface area contributed by atoms with Crippen molar-refractivity contribution in [3.8, 4) is 29.1 Å². The molecule has 10 nitrogen and oxygen atoms in total. The van der Waals surface area contributed by atoms with Crippen LogP contribution in [0.25, 0.3) is 21.9 Å². The van der Waals surface area contributed by atoms with Crippen LogP contribution in [0, 0.1) is 35.5 Å². The number of carbonyl (C=O) groups excluding carboxylic acids is 1. The number of pyridine rings is 2. The van der Waals surface area contributed by atoms with Crippen molar-refractivity contribution in [1.82, 2.24) is 9.97 Å². The molecule has 3 aromatic rings. The van der Waals surface area contributed by atoms with Gasteiger partial charge in [0.05, 0.1) is 23.2 Å². The SMILES string of the molecule is Cc1c(-c2cc3cc(NC(=O)OC4CC(C#N)C4)ncc3c(N)c2C#N)cnc2c1NCCO2. The second kappa shape index (κ2) is 8.41. The third-order valence-electron chi connectivity index (χ3n) is 6.19. The maximum atomic E-state index is 12.2. The maximum absolute atomic E-state index is 12.2. The van der Waals surface area contributed by atoms with Gasteiger partial charge in [0.25, 0.3) is 0 Å². The standard InChI is InChI=1S/C24H21N7O3/c1-12-18(10-30-23-22(12)28-2-3-33-23)16-6-14-7-20(29-11-19(14)21(27)17(16)9-26)31-24(32)34-15-4-13(5-15)8-25/h6-7,10-11,13,15,28H,2-5,27H2,1H3,(H,29,31,32). The molecule has 0 atom stereocenters. The Labute approximate surface area is 195 Å².